The van der Waals surface area contributed by atoms with Crippen LogP contribution >= 0.6 is 23.4 Å². The molecule has 0 unspecified atom stereocenters. The Bertz CT molecular complexity index is 1180. The molecule has 0 aliphatic heterocycles. The van der Waals surface area contributed by atoms with Crippen LogP contribution in [0.1, 0.15) is 24.7 Å². The van der Waals surface area contributed by atoms with Crippen LogP contribution in [0, 0.1) is 13.8 Å². The number of aromatic nitrogens is 3. The number of benzene rings is 1. The van der Waals surface area contributed by atoms with Gasteiger partial charge >= 0.3 is 0 Å². The molecule has 144 valence electrons. The Balaban J connectivity index is 1.59. The first-order valence-corrected chi connectivity index (χ1v) is 10.2. The van der Waals surface area contributed by atoms with Crippen molar-refractivity contribution in [2.24, 2.45) is 0 Å². The Morgan fingerprint density at radius 2 is 2.11 bits per heavy atom. The molecular weight excluding hydrogens is 396 g/mol. The van der Waals surface area contributed by atoms with Crippen molar-refractivity contribution < 1.29 is 9.21 Å². The number of furan rings is 1. The molecule has 0 bridgehead atoms. The number of nitrogens with zero attached hydrogens (tertiary/aromatic N) is 3. The number of fused-ring (bicyclic) bond motifs is 3. The number of nitrogens with one attached hydrogen (secondary N) is 1. The lowest BCUT2D eigenvalue weighted by atomic mass is 10.2. The highest BCUT2D eigenvalue weighted by molar-refractivity contribution is 8.00. The fourth-order valence-corrected chi connectivity index (χ4v) is 4.19. The second-order valence-corrected chi connectivity index (χ2v) is 8.21. The number of carbonyl (C=O) groups excluding carboxylic acids is 1. The predicted octanol–water partition coefficient (Wildman–Crippen LogP) is 5.26. The Labute approximate surface area is 171 Å². The second kappa shape index (κ2) is 7.48. The summed E-state index contributed by atoms with van der Waals surface area (Å²) in [5.74, 6) is 0.746. The highest BCUT2D eigenvalue weighted by Gasteiger charge is 2.22. The maximum Gasteiger partial charge on any atom is 0.237 e. The molecular formula is C20H19ClN4O2S. The van der Waals surface area contributed by atoms with Gasteiger partial charge in [0.25, 0.3) is 0 Å². The van der Waals surface area contributed by atoms with Crippen LogP contribution in [0.25, 0.3) is 16.6 Å². The van der Waals surface area contributed by atoms with Crippen LogP contribution in [0.4, 0.5) is 5.69 Å². The molecule has 1 amide bonds. The van der Waals surface area contributed by atoms with E-state index in [0.717, 1.165) is 27.9 Å². The van der Waals surface area contributed by atoms with Gasteiger partial charge in [-0.3, -0.25) is 9.20 Å². The minimum atomic E-state index is -0.316. The molecule has 1 N–H and O–H groups in total. The van der Waals surface area contributed by atoms with Gasteiger partial charge < -0.3 is 9.73 Å². The number of hydrogen-bond acceptors (Lipinski definition) is 5. The van der Waals surface area contributed by atoms with Crippen LogP contribution in [0.5, 0.6) is 0 Å². The predicted molar refractivity (Wildman–Crippen MR) is 112 cm³/mol. The summed E-state index contributed by atoms with van der Waals surface area (Å²) in [7, 11) is 0. The summed E-state index contributed by atoms with van der Waals surface area (Å²) in [6.45, 7) is 5.80. The molecule has 28 heavy (non-hydrogen) atoms. The van der Waals surface area contributed by atoms with Crippen LogP contribution in [0.3, 0.4) is 0 Å². The van der Waals surface area contributed by atoms with Gasteiger partial charge in [-0.05, 0) is 38.0 Å². The molecule has 4 aromatic rings. The van der Waals surface area contributed by atoms with Crippen LogP contribution in [-0.2, 0) is 4.79 Å². The van der Waals surface area contributed by atoms with E-state index < -0.39 is 0 Å². The number of amides is 1. The summed E-state index contributed by atoms with van der Waals surface area (Å²) in [5.41, 5.74) is 4.24. The quantitative estimate of drug-likeness (QED) is 0.451. The first-order chi connectivity index (χ1) is 13.5. The zero-order valence-electron chi connectivity index (χ0n) is 15.7. The van der Waals surface area contributed by atoms with Gasteiger partial charge in [-0.25, -0.2) is 0 Å². The SMILES string of the molecule is CC[C@H](Sc1nncn2c1cc1oc(C)cc12)C(=O)Nc1ccc(C)c(Cl)c1. The Morgan fingerprint density at radius 3 is 2.86 bits per heavy atom. The van der Waals surface area contributed by atoms with Gasteiger partial charge in [0.1, 0.15) is 17.1 Å². The van der Waals surface area contributed by atoms with E-state index in [2.05, 4.69) is 15.5 Å². The van der Waals surface area contributed by atoms with Gasteiger partial charge in [-0.2, -0.15) is 0 Å². The minimum Gasteiger partial charge on any atom is -0.460 e. The molecule has 6 nitrogen and oxygen atoms in total. The van der Waals surface area contributed by atoms with Gasteiger partial charge in [0.15, 0.2) is 5.58 Å². The number of rotatable bonds is 5. The third-order valence-electron chi connectivity index (χ3n) is 4.54. The minimum absolute atomic E-state index is 0.0951. The smallest absolute Gasteiger partial charge is 0.237 e. The fourth-order valence-electron chi connectivity index (χ4n) is 3.04. The Kier molecular flexibility index (Phi) is 5.03. The van der Waals surface area contributed by atoms with Crippen molar-refractivity contribution in [1.29, 1.82) is 0 Å². The van der Waals surface area contributed by atoms with Gasteiger partial charge in [0.05, 0.1) is 16.3 Å². The van der Waals surface area contributed by atoms with Crippen molar-refractivity contribution in [3.05, 3.63) is 53.0 Å². The van der Waals surface area contributed by atoms with E-state index >= 15 is 0 Å². The molecule has 3 aromatic heterocycles. The average molecular weight is 415 g/mol. The van der Waals surface area contributed by atoms with E-state index in [1.54, 1.807) is 12.4 Å². The Morgan fingerprint density at radius 1 is 1.29 bits per heavy atom. The molecule has 0 aliphatic carbocycles. The summed E-state index contributed by atoms with van der Waals surface area (Å²) in [6.07, 6.45) is 2.31. The van der Waals surface area contributed by atoms with Crippen LogP contribution in [0.2, 0.25) is 5.02 Å². The number of halogens is 1. The van der Waals surface area contributed by atoms with Crippen molar-refractivity contribution >= 4 is 51.6 Å². The molecule has 1 atom stereocenters. The highest BCUT2D eigenvalue weighted by Crippen LogP contribution is 2.32. The van der Waals surface area contributed by atoms with Crippen molar-refractivity contribution in [2.75, 3.05) is 5.32 Å². The van der Waals surface area contributed by atoms with E-state index in [4.69, 9.17) is 16.0 Å². The third-order valence-corrected chi connectivity index (χ3v) is 6.29. The molecule has 1 aromatic carbocycles. The monoisotopic (exact) mass is 414 g/mol. The van der Waals surface area contributed by atoms with Crippen molar-refractivity contribution in [1.82, 2.24) is 14.6 Å². The van der Waals surface area contributed by atoms with Gasteiger partial charge in [-0.15, -0.1) is 10.2 Å². The van der Waals surface area contributed by atoms with Crippen LogP contribution in [-0.4, -0.2) is 25.8 Å². The number of hydrogen-bond donors (Lipinski definition) is 1. The van der Waals surface area contributed by atoms with Gasteiger partial charge in [-0.1, -0.05) is 36.4 Å². The Hall–Kier alpha value is -2.51. The summed E-state index contributed by atoms with van der Waals surface area (Å²) in [5, 5.41) is 12.3. The molecule has 0 radical (unpaired) electrons. The first kappa shape index (κ1) is 18.8. The largest absolute Gasteiger partial charge is 0.460 e. The van der Waals surface area contributed by atoms with E-state index in [9.17, 15) is 4.79 Å². The number of carbonyl (C=O) groups is 1. The molecule has 3 heterocycles. The molecule has 0 fully saturated rings. The first-order valence-electron chi connectivity index (χ1n) is 8.93. The maximum absolute atomic E-state index is 12.8. The van der Waals surface area contributed by atoms with Crippen molar-refractivity contribution in [2.45, 2.75) is 37.5 Å². The normalized spacial score (nSPS) is 12.6. The van der Waals surface area contributed by atoms with Crippen LogP contribution < -0.4 is 5.32 Å². The topological polar surface area (TPSA) is 72.4 Å². The summed E-state index contributed by atoms with van der Waals surface area (Å²) < 4.78 is 7.65. The lowest BCUT2D eigenvalue weighted by Gasteiger charge is -2.15. The fraction of sp³-hybridized carbons (Fsp3) is 0.250. The molecule has 0 aliphatic rings. The lowest BCUT2D eigenvalue weighted by Crippen LogP contribution is -2.24. The second-order valence-electron chi connectivity index (χ2n) is 6.61. The van der Waals surface area contributed by atoms with E-state index in [-0.39, 0.29) is 11.2 Å². The zero-order chi connectivity index (χ0) is 19.8. The maximum atomic E-state index is 12.8. The van der Waals surface area contributed by atoms with Crippen molar-refractivity contribution in [3.8, 4) is 0 Å². The highest BCUT2D eigenvalue weighted by atomic mass is 35.5. The van der Waals surface area contributed by atoms with Gasteiger partial charge in [0, 0.05) is 22.8 Å². The standard InChI is InChI=1S/C20H19ClN4O2S/c1-4-18(19(26)23-13-6-5-11(2)14(21)8-13)28-20-16-9-17-15(7-12(3)27-17)25(16)10-22-24-20/h5-10,18H,4H2,1-3H3,(H,23,26)/t18-/m0/s1. The van der Waals surface area contributed by atoms with Crippen LogP contribution in [0.15, 0.2) is 46.1 Å². The van der Waals surface area contributed by atoms with Crippen molar-refractivity contribution in [3.63, 3.8) is 0 Å². The molecule has 0 spiro atoms. The van der Waals surface area contributed by atoms with E-state index in [1.807, 2.05) is 49.4 Å². The lowest BCUT2D eigenvalue weighted by molar-refractivity contribution is -0.115. The molecule has 4 rings (SSSR count). The number of thioether (sulfide) groups is 1. The summed E-state index contributed by atoms with van der Waals surface area (Å²) >= 11 is 7.55. The number of anilines is 1. The van der Waals surface area contributed by atoms with Gasteiger partial charge in [0.2, 0.25) is 5.91 Å². The molecule has 8 heteroatoms. The zero-order valence-corrected chi connectivity index (χ0v) is 17.3. The summed E-state index contributed by atoms with van der Waals surface area (Å²) in [6, 6.07) is 9.39. The third kappa shape index (κ3) is 3.47. The summed E-state index contributed by atoms with van der Waals surface area (Å²) in [4.78, 5) is 12.8. The number of aryl methyl sites for hydroxylation is 2. The molecule has 0 saturated heterocycles. The van der Waals surface area contributed by atoms with E-state index in [0.29, 0.717) is 22.2 Å². The average Bonchev–Trinajstić information content (AvgIpc) is 3.19. The molecule has 0 saturated carbocycles. The van der Waals surface area contributed by atoms with E-state index in [1.165, 1.54) is 11.8 Å².